The number of carbonyl (C=O) groups is 5. The minimum Gasteiger partial charge on any atom is -0.508 e. The zero-order valence-corrected chi connectivity index (χ0v) is 22.7. The number of rotatable bonds is 15. The fourth-order valence-corrected chi connectivity index (χ4v) is 3.95. The van der Waals surface area contributed by atoms with Crippen molar-refractivity contribution in [1.82, 2.24) is 16.0 Å². The van der Waals surface area contributed by atoms with Gasteiger partial charge in [0, 0.05) is 12.8 Å². The van der Waals surface area contributed by atoms with Crippen molar-refractivity contribution in [2.45, 2.75) is 63.7 Å². The predicted octanol–water partition coefficient (Wildman–Crippen LogP) is 0.270. The van der Waals surface area contributed by atoms with Crippen molar-refractivity contribution >= 4 is 29.7 Å². The number of nitrogens with one attached hydrogen (secondary N) is 3. The molecule has 4 unspecified atom stereocenters. The first-order valence-corrected chi connectivity index (χ1v) is 12.9. The second-order valence-electron chi connectivity index (χ2n) is 10.1. The van der Waals surface area contributed by atoms with Crippen LogP contribution in [-0.2, 0) is 36.8 Å². The summed E-state index contributed by atoms with van der Waals surface area (Å²) in [4.78, 5) is 62.1. The van der Waals surface area contributed by atoms with Crippen molar-refractivity contribution < 1.29 is 44.4 Å². The molecule has 0 fully saturated rings. The fraction of sp³-hybridized carbons (Fsp3) is 0.393. The van der Waals surface area contributed by atoms with E-state index in [4.69, 9.17) is 10.8 Å². The van der Waals surface area contributed by atoms with Gasteiger partial charge in [-0.05, 0) is 47.7 Å². The summed E-state index contributed by atoms with van der Waals surface area (Å²) in [6.07, 6.45) is -0.687. The van der Waals surface area contributed by atoms with Gasteiger partial charge in [-0.3, -0.25) is 19.2 Å². The molecule has 2 rings (SSSR count). The highest BCUT2D eigenvalue weighted by Crippen LogP contribution is 2.14. The number of carbonyl (C=O) groups excluding carboxylic acids is 3. The Morgan fingerprint density at radius 2 is 1.10 bits per heavy atom. The molecule has 0 saturated heterocycles. The minimum atomic E-state index is -1.44. The molecule has 13 heteroatoms. The molecule has 0 aromatic heterocycles. The van der Waals surface area contributed by atoms with Crippen LogP contribution in [0.3, 0.4) is 0 Å². The summed E-state index contributed by atoms with van der Waals surface area (Å²) in [5.74, 6) is -5.14. The lowest BCUT2D eigenvalue weighted by molar-refractivity contribution is -0.142. The highest BCUT2D eigenvalue weighted by molar-refractivity contribution is 5.95. The molecule has 9 N–H and O–H groups in total. The number of aliphatic carboxylic acids is 2. The smallest absolute Gasteiger partial charge is 0.326 e. The highest BCUT2D eigenvalue weighted by Gasteiger charge is 2.31. The number of benzene rings is 2. The molecule has 2 aromatic rings. The molecule has 0 aliphatic carbocycles. The molecule has 3 amide bonds. The van der Waals surface area contributed by atoms with E-state index in [2.05, 4.69) is 16.0 Å². The van der Waals surface area contributed by atoms with Crippen LogP contribution in [0.1, 0.15) is 37.8 Å². The van der Waals surface area contributed by atoms with Gasteiger partial charge in [0.05, 0.1) is 12.5 Å². The van der Waals surface area contributed by atoms with Crippen LogP contribution in [0.15, 0.2) is 48.5 Å². The Kier molecular flexibility index (Phi) is 12.1. The number of phenols is 2. The Labute approximate surface area is 236 Å². The van der Waals surface area contributed by atoms with Crippen molar-refractivity contribution in [1.29, 1.82) is 0 Å². The van der Waals surface area contributed by atoms with E-state index in [-0.39, 0.29) is 36.7 Å². The monoisotopic (exact) mass is 572 g/mol. The fourth-order valence-electron chi connectivity index (χ4n) is 3.95. The lowest BCUT2D eigenvalue weighted by atomic mass is 9.99. The van der Waals surface area contributed by atoms with Crippen molar-refractivity contribution in [2.24, 2.45) is 11.7 Å². The van der Waals surface area contributed by atoms with Crippen LogP contribution in [0, 0.1) is 5.92 Å². The molecule has 0 radical (unpaired) electrons. The van der Waals surface area contributed by atoms with E-state index in [1.165, 1.54) is 48.5 Å². The second-order valence-corrected chi connectivity index (χ2v) is 10.1. The number of amides is 3. The number of nitrogens with two attached hydrogens (primary N) is 1. The Bertz CT molecular complexity index is 1220. The SMILES string of the molecule is CC(C)CC(NC(=O)C(Cc1ccc(O)cc1)NC(=O)C(N)CC(=O)O)C(=O)NC(Cc1ccc(O)cc1)C(=O)O. The summed E-state index contributed by atoms with van der Waals surface area (Å²) >= 11 is 0. The molecule has 0 saturated carbocycles. The van der Waals surface area contributed by atoms with Gasteiger partial charge in [-0.25, -0.2) is 4.79 Å². The van der Waals surface area contributed by atoms with Crippen molar-refractivity contribution in [3.63, 3.8) is 0 Å². The molecule has 0 spiro atoms. The van der Waals surface area contributed by atoms with Gasteiger partial charge in [0.15, 0.2) is 0 Å². The van der Waals surface area contributed by atoms with Crippen LogP contribution in [0.5, 0.6) is 11.5 Å². The van der Waals surface area contributed by atoms with E-state index < -0.39 is 60.2 Å². The van der Waals surface area contributed by atoms with Gasteiger partial charge in [0.1, 0.15) is 29.6 Å². The van der Waals surface area contributed by atoms with Gasteiger partial charge in [0.25, 0.3) is 0 Å². The number of phenolic OH excluding ortho intramolecular Hbond substituents is 2. The summed E-state index contributed by atoms with van der Waals surface area (Å²) < 4.78 is 0. The van der Waals surface area contributed by atoms with Crippen LogP contribution in [0.25, 0.3) is 0 Å². The lowest BCUT2D eigenvalue weighted by Crippen LogP contribution is -2.58. The third-order valence-corrected chi connectivity index (χ3v) is 6.07. The van der Waals surface area contributed by atoms with Crippen LogP contribution in [-0.4, -0.2) is 74.3 Å². The van der Waals surface area contributed by atoms with E-state index in [0.29, 0.717) is 11.1 Å². The van der Waals surface area contributed by atoms with Gasteiger partial charge in [-0.1, -0.05) is 38.1 Å². The van der Waals surface area contributed by atoms with E-state index in [1.54, 1.807) is 13.8 Å². The quantitative estimate of drug-likeness (QED) is 0.145. The number of aromatic hydroxyl groups is 2. The van der Waals surface area contributed by atoms with Crippen LogP contribution in [0.4, 0.5) is 0 Å². The highest BCUT2D eigenvalue weighted by atomic mass is 16.4. The molecule has 222 valence electrons. The van der Waals surface area contributed by atoms with Gasteiger partial charge < -0.3 is 42.1 Å². The van der Waals surface area contributed by atoms with E-state index in [9.17, 15) is 39.3 Å². The summed E-state index contributed by atoms with van der Waals surface area (Å²) in [6, 6.07) is 6.44. The third-order valence-electron chi connectivity index (χ3n) is 6.07. The first kappa shape index (κ1) is 32.6. The average molecular weight is 573 g/mol. The topological polar surface area (TPSA) is 228 Å². The molecule has 41 heavy (non-hydrogen) atoms. The number of carboxylic acids is 2. The molecule has 4 atom stereocenters. The first-order valence-electron chi connectivity index (χ1n) is 12.9. The Hall–Kier alpha value is -4.65. The number of hydrogen-bond acceptors (Lipinski definition) is 8. The van der Waals surface area contributed by atoms with Crippen molar-refractivity contribution in [2.75, 3.05) is 0 Å². The van der Waals surface area contributed by atoms with Crippen molar-refractivity contribution in [3.8, 4) is 11.5 Å². The Balaban J connectivity index is 2.24. The van der Waals surface area contributed by atoms with Crippen LogP contribution >= 0.6 is 0 Å². The summed E-state index contributed by atoms with van der Waals surface area (Å²) in [7, 11) is 0. The molecule has 0 bridgehead atoms. The number of hydrogen-bond donors (Lipinski definition) is 8. The van der Waals surface area contributed by atoms with E-state index in [0.717, 1.165) is 0 Å². The Morgan fingerprint density at radius 3 is 1.54 bits per heavy atom. The molecular weight excluding hydrogens is 536 g/mol. The third kappa shape index (κ3) is 11.2. The summed E-state index contributed by atoms with van der Waals surface area (Å²) in [5, 5.41) is 45.1. The zero-order chi connectivity index (χ0) is 30.7. The lowest BCUT2D eigenvalue weighted by Gasteiger charge is -2.26. The molecule has 2 aromatic carbocycles. The molecule has 13 nitrogen and oxygen atoms in total. The largest absolute Gasteiger partial charge is 0.508 e. The standard InChI is InChI=1S/C28H36N4O9/c1-15(2)11-21(26(38)32-23(28(40)41)13-17-5-9-19(34)10-6-17)31-27(39)22(12-16-3-7-18(33)8-4-16)30-25(37)20(29)14-24(35)36/h3-10,15,20-23,33-34H,11-14,29H2,1-2H3,(H,30,37)(H,31,39)(H,32,38)(H,35,36)(H,40,41). The predicted molar refractivity (Wildman–Crippen MR) is 147 cm³/mol. The van der Waals surface area contributed by atoms with Gasteiger partial charge in [0.2, 0.25) is 17.7 Å². The van der Waals surface area contributed by atoms with E-state index in [1.807, 2.05) is 0 Å². The maximum absolute atomic E-state index is 13.4. The van der Waals surface area contributed by atoms with Gasteiger partial charge >= 0.3 is 11.9 Å². The molecular formula is C28H36N4O9. The number of carboxylic acid groups (broad SMARTS) is 2. The minimum absolute atomic E-state index is 0.00207. The van der Waals surface area contributed by atoms with Gasteiger partial charge in [-0.15, -0.1) is 0 Å². The van der Waals surface area contributed by atoms with Crippen molar-refractivity contribution in [3.05, 3.63) is 59.7 Å². The van der Waals surface area contributed by atoms with E-state index >= 15 is 0 Å². The van der Waals surface area contributed by atoms with Gasteiger partial charge in [-0.2, -0.15) is 0 Å². The maximum Gasteiger partial charge on any atom is 0.326 e. The average Bonchev–Trinajstić information content (AvgIpc) is 2.89. The molecule has 0 aliphatic rings. The first-order chi connectivity index (χ1) is 19.2. The maximum atomic E-state index is 13.4. The zero-order valence-electron chi connectivity index (χ0n) is 22.7. The van der Waals surface area contributed by atoms with Crippen LogP contribution < -0.4 is 21.7 Å². The molecule has 0 aliphatic heterocycles. The normalized spacial score (nSPS) is 13.9. The Morgan fingerprint density at radius 1 is 0.683 bits per heavy atom. The summed E-state index contributed by atoms with van der Waals surface area (Å²) in [5.41, 5.74) is 6.75. The molecule has 0 heterocycles. The summed E-state index contributed by atoms with van der Waals surface area (Å²) in [6.45, 7) is 3.61. The van der Waals surface area contributed by atoms with Crippen LogP contribution in [0.2, 0.25) is 0 Å². The second kappa shape index (κ2) is 15.2.